The van der Waals surface area contributed by atoms with Crippen molar-refractivity contribution in [3.05, 3.63) is 39.6 Å². The molecule has 23 heavy (non-hydrogen) atoms. The number of hydrogen-bond donors (Lipinski definition) is 1. The van der Waals surface area contributed by atoms with E-state index in [0.29, 0.717) is 10.3 Å². The van der Waals surface area contributed by atoms with Crippen LogP contribution in [0.25, 0.3) is 10.1 Å². The SMILES string of the molecule is Cc1csc2c(Cl)nc(C(C)Sc3nc(N)cc(C#N)n3)cc12. The summed E-state index contributed by atoms with van der Waals surface area (Å²) >= 11 is 9.28. The standard InChI is InChI=1S/C15H12ClN5S2/c1-7-6-22-13-10(7)4-11(20-14(13)16)8(2)23-15-19-9(5-17)3-12(18)21-15/h3-4,6,8H,1-2H3,(H2,18,19,21). The van der Waals surface area contributed by atoms with Gasteiger partial charge in [0.1, 0.15) is 22.7 Å². The summed E-state index contributed by atoms with van der Waals surface area (Å²) < 4.78 is 0.997. The number of halogens is 1. The van der Waals surface area contributed by atoms with Crippen LogP contribution >= 0.6 is 34.7 Å². The highest BCUT2D eigenvalue weighted by Crippen LogP contribution is 2.37. The minimum absolute atomic E-state index is 0.0236. The summed E-state index contributed by atoms with van der Waals surface area (Å²) in [5.41, 5.74) is 7.98. The van der Waals surface area contributed by atoms with Crippen LogP contribution in [-0.2, 0) is 0 Å². The summed E-state index contributed by atoms with van der Waals surface area (Å²) in [5, 5.41) is 13.1. The van der Waals surface area contributed by atoms with Crippen LogP contribution in [0.1, 0.15) is 29.1 Å². The summed E-state index contributed by atoms with van der Waals surface area (Å²) in [6.07, 6.45) is 0. The number of thiophene rings is 1. The second-order valence-electron chi connectivity index (χ2n) is 4.97. The molecular formula is C15H12ClN5S2. The molecule has 0 aliphatic carbocycles. The Bertz CT molecular complexity index is 931. The molecule has 5 nitrogen and oxygen atoms in total. The second kappa shape index (κ2) is 6.32. The van der Waals surface area contributed by atoms with Gasteiger partial charge >= 0.3 is 0 Å². The van der Waals surface area contributed by atoms with Crippen LogP contribution in [-0.4, -0.2) is 15.0 Å². The van der Waals surface area contributed by atoms with Gasteiger partial charge < -0.3 is 5.73 Å². The number of anilines is 1. The monoisotopic (exact) mass is 361 g/mol. The number of hydrogen-bond acceptors (Lipinski definition) is 7. The number of nitrogen functional groups attached to an aromatic ring is 1. The highest BCUT2D eigenvalue weighted by atomic mass is 35.5. The van der Waals surface area contributed by atoms with Gasteiger partial charge in [-0.2, -0.15) is 5.26 Å². The molecule has 1 atom stereocenters. The zero-order valence-electron chi connectivity index (χ0n) is 12.4. The van der Waals surface area contributed by atoms with Gasteiger partial charge in [0.15, 0.2) is 5.16 Å². The van der Waals surface area contributed by atoms with E-state index in [-0.39, 0.29) is 16.8 Å². The Balaban J connectivity index is 1.94. The van der Waals surface area contributed by atoms with Crippen molar-refractivity contribution in [2.24, 2.45) is 0 Å². The summed E-state index contributed by atoms with van der Waals surface area (Å²) in [5.74, 6) is 0.279. The quantitative estimate of drug-likeness (QED) is 0.423. The van der Waals surface area contributed by atoms with E-state index in [4.69, 9.17) is 22.6 Å². The molecule has 3 aromatic heterocycles. The van der Waals surface area contributed by atoms with Gasteiger partial charge in [-0.25, -0.2) is 15.0 Å². The van der Waals surface area contributed by atoms with Gasteiger partial charge in [0, 0.05) is 11.5 Å². The van der Waals surface area contributed by atoms with Crippen LogP contribution in [0.3, 0.4) is 0 Å². The van der Waals surface area contributed by atoms with Gasteiger partial charge in [-0.05, 0) is 30.9 Å². The molecular weight excluding hydrogens is 350 g/mol. The molecule has 0 radical (unpaired) electrons. The molecule has 1 unspecified atom stereocenters. The van der Waals surface area contributed by atoms with Crippen LogP contribution in [0, 0.1) is 18.3 Å². The van der Waals surface area contributed by atoms with Crippen LogP contribution in [0.2, 0.25) is 5.15 Å². The third-order valence-corrected chi connectivity index (χ3v) is 5.76. The first kappa shape index (κ1) is 16.0. The molecule has 3 rings (SSSR count). The topological polar surface area (TPSA) is 88.5 Å². The molecule has 0 aromatic carbocycles. The van der Waals surface area contributed by atoms with Crippen molar-refractivity contribution in [3.8, 4) is 6.07 Å². The highest BCUT2D eigenvalue weighted by Gasteiger charge is 2.16. The minimum atomic E-state index is -0.0236. The molecule has 0 bridgehead atoms. The number of aromatic nitrogens is 3. The van der Waals surface area contributed by atoms with Crippen LogP contribution in [0.5, 0.6) is 0 Å². The predicted molar refractivity (Wildman–Crippen MR) is 94.8 cm³/mol. The average molecular weight is 362 g/mol. The molecule has 0 saturated carbocycles. The third-order valence-electron chi connectivity index (χ3n) is 3.27. The maximum Gasteiger partial charge on any atom is 0.191 e. The van der Waals surface area contributed by atoms with Gasteiger partial charge in [0.25, 0.3) is 0 Å². The van der Waals surface area contributed by atoms with Gasteiger partial charge in [0.05, 0.1) is 15.6 Å². The molecule has 2 N–H and O–H groups in total. The number of thioether (sulfide) groups is 1. The van der Waals surface area contributed by atoms with Gasteiger partial charge in [-0.1, -0.05) is 23.4 Å². The number of nitrogens with two attached hydrogens (primary N) is 1. The lowest BCUT2D eigenvalue weighted by molar-refractivity contribution is 0.937. The molecule has 0 spiro atoms. The van der Waals surface area contributed by atoms with Crippen molar-refractivity contribution in [2.75, 3.05) is 5.73 Å². The Morgan fingerprint density at radius 3 is 2.87 bits per heavy atom. The lowest BCUT2D eigenvalue weighted by Crippen LogP contribution is -2.00. The number of rotatable bonds is 3. The first-order valence-electron chi connectivity index (χ1n) is 6.73. The number of nitriles is 1. The Kier molecular flexibility index (Phi) is 4.39. The van der Waals surface area contributed by atoms with Gasteiger partial charge in [0.2, 0.25) is 0 Å². The Labute approximate surface area is 146 Å². The van der Waals surface area contributed by atoms with Crippen molar-refractivity contribution >= 4 is 50.6 Å². The van der Waals surface area contributed by atoms with Crippen molar-refractivity contribution in [3.63, 3.8) is 0 Å². The molecule has 116 valence electrons. The molecule has 3 aromatic rings. The summed E-state index contributed by atoms with van der Waals surface area (Å²) in [4.78, 5) is 12.8. The van der Waals surface area contributed by atoms with E-state index in [9.17, 15) is 0 Å². The fourth-order valence-corrected chi connectivity index (χ4v) is 4.23. The van der Waals surface area contributed by atoms with E-state index in [1.165, 1.54) is 23.4 Å². The van der Waals surface area contributed by atoms with E-state index < -0.39 is 0 Å². The maximum atomic E-state index is 8.97. The predicted octanol–water partition coefficient (Wildman–Crippen LogP) is 4.36. The Morgan fingerprint density at radius 2 is 2.13 bits per heavy atom. The molecule has 0 aliphatic rings. The number of fused-ring (bicyclic) bond motifs is 1. The van der Waals surface area contributed by atoms with Crippen molar-refractivity contribution in [2.45, 2.75) is 24.3 Å². The van der Waals surface area contributed by atoms with E-state index in [1.807, 2.05) is 19.1 Å². The third kappa shape index (κ3) is 3.24. The van der Waals surface area contributed by atoms with Crippen molar-refractivity contribution in [1.82, 2.24) is 15.0 Å². The minimum Gasteiger partial charge on any atom is -0.384 e. The van der Waals surface area contributed by atoms with Crippen LogP contribution in [0.15, 0.2) is 22.7 Å². The molecule has 0 aliphatic heterocycles. The van der Waals surface area contributed by atoms with Crippen LogP contribution < -0.4 is 5.73 Å². The largest absolute Gasteiger partial charge is 0.384 e. The molecule has 8 heteroatoms. The van der Waals surface area contributed by atoms with E-state index >= 15 is 0 Å². The molecule has 0 saturated heterocycles. The highest BCUT2D eigenvalue weighted by molar-refractivity contribution is 7.99. The summed E-state index contributed by atoms with van der Waals surface area (Å²) in [6, 6.07) is 5.47. The normalized spacial score (nSPS) is 12.3. The lowest BCUT2D eigenvalue weighted by atomic mass is 10.2. The summed E-state index contributed by atoms with van der Waals surface area (Å²) in [6.45, 7) is 4.05. The zero-order chi connectivity index (χ0) is 16.6. The first-order chi connectivity index (χ1) is 11.0. The first-order valence-corrected chi connectivity index (χ1v) is 8.87. The Hall–Kier alpha value is -1.88. The van der Waals surface area contributed by atoms with E-state index in [1.54, 1.807) is 11.3 Å². The molecule has 0 amide bonds. The van der Waals surface area contributed by atoms with Crippen molar-refractivity contribution in [1.29, 1.82) is 5.26 Å². The lowest BCUT2D eigenvalue weighted by Gasteiger charge is -2.11. The number of pyridine rings is 1. The Morgan fingerprint density at radius 1 is 1.35 bits per heavy atom. The zero-order valence-corrected chi connectivity index (χ0v) is 14.8. The van der Waals surface area contributed by atoms with Crippen molar-refractivity contribution < 1.29 is 0 Å². The summed E-state index contributed by atoms with van der Waals surface area (Å²) in [7, 11) is 0. The number of aryl methyl sites for hydroxylation is 1. The van der Waals surface area contributed by atoms with E-state index in [2.05, 4.69) is 27.3 Å². The molecule has 3 heterocycles. The fraction of sp³-hybridized carbons (Fsp3) is 0.200. The maximum absolute atomic E-state index is 8.97. The fourth-order valence-electron chi connectivity index (χ4n) is 2.12. The van der Waals surface area contributed by atoms with Crippen LogP contribution in [0.4, 0.5) is 5.82 Å². The van der Waals surface area contributed by atoms with E-state index in [0.717, 1.165) is 15.8 Å². The van der Waals surface area contributed by atoms with Gasteiger partial charge in [-0.3, -0.25) is 0 Å². The average Bonchev–Trinajstić information content (AvgIpc) is 2.88. The van der Waals surface area contributed by atoms with Gasteiger partial charge in [-0.15, -0.1) is 11.3 Å². The molecule has 0 fully saturated rings. The number of nitrogens with zero attached hydrogens (tertiary/aromatic N) is 4. The smallest absolute Gasteiger partial charge is 0.191 e. The second-order valence-corrected chi connectivity index (χ2v) is 7.51.